The van der Waals surface area contributed by atoms with E-state index in [0.29, 0.717) is 5.56 Å². The number of rotatable bonds is 7. The van der Waals surface area contributed by atoms with E-state index in [9.17, 15) is 27.2 Å². The summed E-state index contributed by atoms with van der Waals surface area (Å²) in [6.07, 6.45) is -0.483. The van der Waals surface area contributed by atoms with Crippen LogP contribution in [0, 0.1) is 0 Å². The minimum atomic E-state index is -4.69. The number of alkyl halides is 3. The summed E-state index contributed by atoms with van der Waals surface area (Å²) in [5.41, 5.74) is -4.42. The average Bonchev–Trinajstić information content (AvgIpc) is 2.59. The summed E-state index contributed by atoms with van der Waals surface area (Å²) in [6, 6.07) is 12.0. The van der Waals surface area contributed by atoms with Crippen LogP contribution < -0.4 is 0 Å². The third kappa shape index (κ3) is 6.18. The molecule has 0 bridgehead atoms. The number of thioether (sulfide) groups is 1. The molecule has 0 aromatic heterocycles. The van der Waals surface area contributed by atoms with Gasteiger partial charge in [-0.3, -0.25) is 9.59 Å². The first-order valence-electron chi connectivity index (χ1n) is 7.49. The quantitative estimate of drug-likeness (QED) is 0.393. The van der Waals surface area contributed by atoms with E-state index in [1.165, 1.54) is 18.2 Å². The first kappa shape index (κ1) is 20.0. The molecule has 0 N–H and O–H groups in total. The normalized spacial score (nSPS) is 12.5. The molecule has 2 rings (SSSR count). The summed E-state index contributed by atoms with van der Waals surface area (Å²) in [7, 11) is 0. The molecule has 1 unspecified atom stereocenters. The van der Waals surface area contributed by atoms with Gasteiger partial charge >= 0.3 is 17.5 Å². The second-order valence-corrected chi connectivity index (χ2v) is 6.55. The molecule has 0 aliphatic rings. The van der Waals surface area contributed by atoms with Crippen LogP contribution in [0.5, 0.6) is 0 Å². The summed E-state index contributed by atoms with van der Waals surface area (Å²) in [5.74, 6) is -1.09. The maximum atomic E-state index is 13.1. The first-order valence-corrected chi connectivity index (χ1v) is 8.37. The molecule has 0 radical (unpaired) electrons. The zero-order valence-corrected chi connectivity index (χ0v) is 14.1. The largest absolute Gasteiger partial charge is 0.460 e. The molecule has 1 atom stereocenters. The molecule has 0 amide bonds. The van der Waals surface area contributed by atoms with Crippen molar-refractivity contribution in [3.63, 3.8) is 0 Å². The van der Waals surface area contributed by atoms with E-state index in [4.69, 9.17) is 4.74 Å². The number of ether oxygens (including phenoxy) is 1. The molecule has 0 aliphatic heterocycles. The van der Waals surface area contributed by atoms with E-state index in [1.807, 2.05) is 0 Å². The highest BCUT2D eigenvalue weighted by Gasteiger charge is 2.37. The Labute approximate surface area is 151 Å². The summed E-state index contributed by atoms with van der Waals surface area (Å²) in [5, 5.41) is -1.65. The van der Waals surface area contributed by atoms with Gasteiger partial charge in [0.05, 0.1) is 5.56 Å². The second-order valence-electron chi connectivity index (χ2n) is 5.28. The van der Waals surface area contributed by atoms with Crippen molar-refractivity contribution in [3.05, 3.63) is 71.3 Å². The zero-order chi connectivity index (χ0) is 19.2. The fraction of sp³-hybridized carbons (Fsp3) is 0.222. The number of esters is 1. The van der Waals surface area contributed by atoms with Gasteiger partial charge in [0.1, 0.15) is 11.9 Å². The molecule has 2 aromatic rings. The van der Waals surface area contributed by atoms with Crippen molar-refractivity contribution >= 4 is 23.8 Å². The Morgan fingerprint density at radius 1 is 1.00 bits per heavy atom. The van der Waals surface area contributed by atoms with Gasteiger partial charge in [-0.2, -0.15) is 17.6 Å². The SMILES string of the molecule is O=C(F)c1ccccc1CC(SC(F)(F)F)C(=O)OCc1ccccc1. The van der Waals surface area contributed by atoms with Gasteiger partial charge in [0.15, 0.2) is 0 Å². The second kappa shape index (κ2) is 8.84. The van der Waals surface area contributed by atoms with Crippen molar-refractivity contribution in [2.24, 2.45) is 0 Å². The maximum Gasteiger partial charge on any atom is 0.442 e. The van der Waals surface area contributed by atoms with E-state index in [2.05, 4.69) is 0 Å². The Kier molecular flexibility index (Phi) is 6.79. The lowest BCUT2D eigenvalue weighted by molar-refractivity contribution is -0.144. The highest BCUT2D eigenvalue weighted by atomic mass is 32.2. The molecular formula is C18H14F4O3S. The van der Waals surface area contributed by atoms with Gasteiger partial charge in [-0.15, -0.1) is 0 Å². The monoisotopic (exact) mass is 386 g/mol. The van der Waals surface area contributed by atoms with Crippen molar-refractivity contribution in [1.29, 1.82) is 0 Å². The van der Waals surface area contributed by atoms with Crippen molar-refractivity contribution in [2.75, 3.05) is 0 Å². The van der Waals surface area contributed by atoms with Crippen LogP contribution in [0.25, 0.3) is 0 Å². The number of halogens is 4. The highest BCUT2D eigenvalue weighted by molar-refractivity contribution is 8.01. The molecule has 26 heavy (non-hydrogen) atoms. The Morgan fingerprint density at radius 3 is 2.23 bits per heavy atom. The summed E-state index contributed by atoms with van der Waals surface area (Å²) >= 11 is -0.548. The Hall–Kier alpha value is -2.35. The van der Waals surface area contributed by atoms with E-state index in [-0.39, 0.29) is 17.7 Å². The van der Waals surface area contributed by atoms with Crippen molar-refractivity contribution in [1.82, 2.24) is 0 Å². The first-order chi connectivity index (χ1) is 12.3. The van der Waals surface area contributed by atoms with Crippen LogP contribution in [0.4, 0.5) is 17.6 Å². The van der Waals surface area contributed by atoms with Gasteiger partial charge in [-0.05, 0) is 35.4 Å². The van der Waals surface area contributed by atoms with Crippen LogP contribution in [-0.4, -0.2) is 22.8 Å². The molecule has 8 heteroatoms. The molecule has 0 saturated carbocycles. The van der Waals surface area contributed by atoms with Gasteiger partial charge in [0.2, 0.25) is 0 Å². The van der Waals surface area contributed by atoms with Gasteiger partial charge < -0.3 is 4.74 Å². The van der Waals surface area contributed by atoms with E-state index >= 15 is 0 Å². The van der Waals surface area contributed by atoms with E-state index in [1.54, 1.807) is 30.3 Å². The molecule has 0 aliphatic carbocycles. The molecule has 0 saturated heterocycles. The molecule has 2 aromatic carbocycles. The lowest BCUT2D eigenvalue weighted by Gasteiger charge is -2.18. The standard InChI is InChI=1S/C18H14F4O3S/c19-16(23)14-9-5-4-8-13(14)10-15(26-18(20,21)22)17(24)25-11-12-6-2-1-3-7-12/h1-9,15H,10-11H2. The molecule has 3 nitrogen and oxygen atoms in total. The molecular weight excluding hydrogens is 372 g/mol. The number of benzene rings is 2. The average molecular weight is 386 g/mol. The highest BCUT2D eigenvalue weighted by Crippen LogP contribution is 2.36. The van der Waals surface area contributed by atoms with Crippen LogP contribution in [0.15, 0.2) is 54.6 Å². The molecule has 0 heterocycles. The van der Waals surface area contributed by atoms with Crippen molar-refractivity contribution in [2.45, 2.75) is 23.8 Å². The minimum Gasteiger partial charge on any atom is -0.460 e. The lowest BCUT2D eigenvalue weighted by atomic mass is 10.0. The zero-order valence-electron chi connectivity index (χ0n) is 13.3. The maximum absolute atomic E-state index is 13.1. The van der Waals surface area contributed by atoms with Crippen LogP contribution >= 0.6 is 11.8 Å². The van der Waals surface area contributed by atoms with Gasteiger partial charge in [-0.1, -0.05) is 48.5 Å². The van der Waals surface area contributed by atoms with Crippen LogP contribution in [0.1, 0.15) is 21.5 Å². The Morgan fingerprint density at radius 2 is 1.62 bits per heavy atom. The number of carbonyl (C=O) groups excluding carboxylic acids is 2. The third-order valence-electron chi connectivity index (χ3n) is 3.40. The smallest absolute Gasteiger partial charge is 0.442 e. The Bertz CT molecular complexity index is 763. The number of carbonyl (C=O) groups is 2. The van der Waals surface area contributed by atoms with E-state index < -0.39 is 40.9 Å². The van der Waals surface area contributed by atoms with Crippen molar-refractivity contribution in [3.8, 4) is 0 Å². The fourth-order valence-corrected chi connectivity index (χ4v) is 3.00. The van der Waals surface area contributed by atoms with E-state index in [0.717, 1.165) is 6.07 Å². The molecule has 138 valence electrons. The lowest BCUT2D eigenvalue weighted by Crippen LogP contribution is -2.27. The summed E-state index contributed by atoms with van der Waals surface area (Å²) < 4.78 is 56.5. The minimum absolute atomic E-state index is 0.0124. The third-order valence-corrected chi connectivity index (χ3v) is 4.31. The van der Waals surface area contributed by atoms with Crippen molar-refractivity contribution < 1.29 is 31.9 Å². The summed E-state index contributed by atoms with van der Waals surface area (Å²) in [4.78, 5) is 23.2. The topological polar surface area (TPSA) is 43.4 Å². The fourth-order valence-electron chi connectivity index (χ4n) is 2.25. The van der Waals surface area contributed by atoms with Crippen LogP contribution in [-0.2, 0) is 22.6 Å². The molecule has 0 spiro atoms. The van der Waals surface area contributed by atoms with Gasteiger partial charge in [0, 0.05) is 0 Å². The number of hydrogen-bond acceptors (Lipinski definition) is 4. The van der Waals surface area contributed by atoms with Gasteiger partial charge in [-0.25, -0.2) is 0 Å². The predicted octanol–water partition coefficient (Wildman–Crippen LogP) is 4.70. The summed E-state index contributed by atoms with van der Waals surface area (Å²) in [6.45, 7) is -0.182. The molecule has 0 fully saturated rings. The predicted molar refractivity (Wildman–Crippen MR) is 89.3 cm³/mol. The van der Waals surface area contributed by atoms with Gasteiger partial charge in [0.25, 0.3) is 0 Å². The number of hydrogen-bond donors (Lipinski definition) is 0. The Balaban J connectivity index is 2.15. The van der Waals surface area contributed by atoms with Crippen LogP contribution in [0.3, 0.4) is 0 Å². The van der Waals surface area contributed by atoms with Crippen LogP contribution in [0.2, 0.25) is 0 Å².